The van der Waals surface area contributed by atoms with E-state index in [9.17, 15) is 4.79 Å². The van der Waals surface area contributed by atoms with Gasteiger partial charge in [0.2, 0.25) is 0 Å². The highest BCUT2D eigenvalue weighted by molar-refractivity contribution is 7.17. The van der Waals surface area contributed by atoms with Crippen molar-refractivity contribution >= 4 is 17.2 Å². The minimum atomic E-state index is 0.105. The van der Waals surface area contributed by atoms with E-state index in [-0.39, 0.29) is 5.91 Å². The Kier molecular flexibility index (Phi) is 4.96. The molecule has 0 aromatic carbocycles. The van der Waals surface area contributed by atoms with Crippen LogP contribution in [-0.4, -0.2) is 57.9 Å². The van der Waals surface area contributed by atoms with Crippen molar-refractivity contribution < 1.29 is 4.79 Å². The van der Waals surface area contributed by atoms with Crippen LogP contribution in [0.1, 0.15) is 34.8 Å². The van der Waals surface area contributed by atoms with Gasteiger partial charge in [0.15, 0.2) is 0 Å². The zero-order chi connectivity index (χ0) is 17.3. The average Bonchev–Trinajstić information content (AvgIpc) is 2.96. The lowest BCUT2D eigenvalue weighted by Gasteiger charge is -2.36. The molecule has 2 aromatic rings. The fourth-order valence-corrected chi connectivity index (χ4v) is 4.09. The number of hydrogen-bond acceptors (Lipinski definition) is 5. The Hall–Kier alpha value is -1.79. The zero-order valence-corrected chi connectivity index (χ0v) is 15.6. The van der Waals surface area contributed by atoms with Crippen molar-refractivity contribution in [1.29, 1.82) is 0 Å². The van der Waals surface area contributed by atoms with Gasteiger partial charge in [-0.25, -0.2) is 4.98 Å². The fraction of sp³-hybridized carbons (Fsp3) is 0.500. The molecule has 1 amide bonds. The standard InChI is InChI=1S/C18H24N4OS/c1-12(2)21-8-10-22(11-9-21)18(23)16-14(4)20-17(24-16)15-13(3)6-5-7-19-15/h5-7,12H,8-11H2,1-4H3. The molecule has 0 aliphatic carbocycles. The Labute approximate surface area is 147 Å². The van der Waals surface area contributed by atoms with Gasteiger partial charge in [-0.3, -0.25) is 14.7 Å². The Morgan fingerprint density at radius 3 is 2.54 bits per heavy atom. The number of piperazine rings is 1. The number of aryl methyl sites for hydroxylation is 2. The molecule has 2 aromatic heterocycles. The van der Waals surface area contributed by atoms with Crippen LogP contribution >= 0.6 is 11.3 Å². The minimum Gasteiger partial charge on any atom is -0.335 e. The third-order valence-electron chi connectivity index (χ3n) is 4.53. The molecule has 1 aliphatic rings. The SMILES string of the molecule is Cc1cccnc1-c1nc(C)c(C(=O)N2CCN(C(C)C)CC2)s1. The summed E-state index contributed by atoms with van der Waals surface area (Å²) < 4.78 is 0. The number of carbonyl (C=O) groups excluding carboxylic acids is 1. The van der Waals surface area contributed by atoms with Gasteiger partial charge in [-0.05, 0) is 39.3 Å². The van der Waals surface area contributed by atoms with Crippen molar-refractivity contribution in [2.75, 3.05) is 26.2 Å². The van der Waals surface area contributed by atoms with Gasteiger partial charge in [0.25, 0.3) is 5.91 Å². The number of rotatable bonds is 3. The first-order valence-electron chi connectivity index (χ1n) is 8.40. The van der Waals surface area contributed by atoms with Crippen molar-refractivity contribution in [3.8, 4) is 10.7 Å². The lowest BCUT2D eigenvalue weighted by atomic mass is 10.2. The van der Waals surface area contributed by atoms with Crippen LogP contribution in [0.3, 0.4) is 0 Å². The number of amides is 1. The average molecular weight is 344 g/mol. The normalized spacial score (nSPS) is 16.0. The van der Waals surface area contributed by atoms with E-state index in [1.54, 1.807) is 6.20 Å². The van der Waals surface area contributed by atoms with Crippen molar-refractivity contribution in [2.45, 2.75) is 33.7 Å². The molecule has 1 aliphatic heterocycles. The topological polar surface area (TPSA) is 49.3 Å². The summed E-state index contributed by atoms with van der Waals surface area (Å²) in [6, 6.07) is 4.47. The number of hydrogen-bond donors (Lipinski definition) is 0. The van der Waals surface area contributed by atoms with Crippen LogP contribution in [0, 0.1) is 13.8 Å². The van der Waals surface area contributed by atoms with Crippen LogP contribution in [0.2, 0.25) is 0 Å². The fourth-order valence-electron chi connectivity index (χ4n) is 2.99. The molecule has 5 nitrogen and oxygen atoms in total. The predicted molar refractivity (Wildman–Crippen MR) is 97.4 cm³/mol. The van der Waals surface area contributed by atoms with Crippen LogP contribution in [0.15, 0.2) is 18.3 Å². The number of nitrogens with zero attached hydrogens (tertiary/aromatic N) is 4. The van der Waals surface area contributed by atoms with Crippen LogP contribution in [-0.2, 0) is 0 Å². The van der Waals surface area contributed by atoms with Crippen molar-refractivity contribution in [2.24, 2.45) is 0 Å². The molecule has 0 spiro atoms. The second-order valence-electron chi connectivity index (χ2n) is 6.52. The smallest absolute Gasteiger partial charge is 0.265 e. The Bertz CT molecular complexity index is 732. The molecule has 0 saturated carbocycles. The molecular weight excluding hydrogens is 320 g/mol. The lowest BCUT2D eigenvalue weighted by Crippen LogP contribution is -2.50. The van der Waals surface area contributed by atoms with E-state index in [4.69, 9.17) is 0 Å². The van der Waals surface area contributed by atoms with E-state index in [1.165, 1.54) is 11.3 Å². The first-order chi connectivity index (χ1) is 11.5. The van der Waals surface area contributed by atoms with Gasteiger partial charge in [0.1, 0.15) is 15.6 Å². The Balaban J connectivity index is 1.78. The van der Waals surface area contributed by atoms with Crippen LogP contribution in [0.25, 0.3) is 10.7 Å². The summed E-state index contributed by atoms with van der Waals surface area (Å²) in [6.07, 6.45) is 1.77. The van der Waals surface area contributed by atoms with E-state index < -0.39 is 0 Å². The highest BCUT2D eigenvalue weighted by atomic mass is 32.1. The molecular formula is C18H24N4OS. The van der Waals surface area contributed by atoms with E-state index in [1.807, 2.05) is 30.9 Å². The predicted octanol–water partition coefficient (Wildman–Crippen LogP) is 2.99. The van der Waals surface area contributed by atoms with Crippen LogP contribution in [0.4, 0.5) is 0 Å². The molecule has 0 unspecified atom stereocenters. The third-order valence-corrected chi connectivity index (χ3v) is 5.69. The summed E-state index contributed by atoms with van der Waals surface area (Å²) in [4.78, 5) is 27.0. The van der Waals surface area contributed by atoms with Crippen LogP contribution in [0.5, 0.6) is 0 Å². The summed E-state index contributed by atoms with van der Waals surface area (Å²) in [5.74, 6) is 0.105. The van der Waals surface area contributed by atoms with E-state index in [0.29, 0.717) is 6.04 Å². The Morgan fingerprint density at radius 2 is 1.92 bits per heavy atom. The van der Waals surface area contributed by atoms with Crippen LogP contribution < -0.4 is 0 Å². The molecule has 128 valence electrons. The largest absolute Gasteiger partial charge is 0.335 e. The van der Waals surface area contributed by atoms with Gasteiger partial charge in [0.05, 0.1) is 5.69 Å². The van der Waals surface area contributed by atoms with E-state index >= 15 is 0 Å². The van der Waals surface area contributed by atoms with Gasteiger partial charge >= 0.3 is 0 Å². The van der Waals surface area contributed by atoms with Gasteiger partial charge in [-0.15, -0.1) is 11.3 Å². The molecule has 0 bridgehead atoms. The van der Waals surface area contributed by atoms with Gasteiger partial charge in [0, 0.05) is 38.4 Å². The summed E-state index contributed by atoms with van der Waals surface area (Å²) in [5.41, 5.74) is 2.75. The van der Waals surface area contributed by atoms with Crippen molar-refractivity contribution in [1.82, 2.24) is 19.8 Å². The molecule has 6 heteroatoms. The van der Waals surface area contributed by atoms with Crippen molar-refractivity contribution in [3.05, 3.63) is 34.5 Å². The molecule has 0 radical (unpaired) electrons. The summed E-state index contributed by atoms with van der Waals surface area (Å²) in [6.45, 7) is 11.8. The van der Waals surface area contributed by atoms with Gasteiger partial charge in [-0.1, -0.05) is 6.07 Å². The maximum Gasteiger partial charge on any atom is 0.265 e. The summed E-state index contributed by atoms with van der Waals surface area (Å²) in [7, 11) is 0. The lowest BCUT2D eigenvalue weighted by molar-refractivity contribution is 0.0599. The quantitative estimate of drug-likeness (QED) is 0.859. The minimum absolute atomic E-state index is 0.105. The van der Waals surface area contributed by atoms with Gasteiger partial charge < -0.3 is 4.90 Å². The monoisotopic (exact) mass is 344 g/mol. The first kappa shape index (κ1) is 17.0. The van der Waals surface area contributed by atoms with E-state index in [0.717, 1.165) is 53.0 Å². The van der Waals surface area contributed by atoms with Gasteiger partial charge in [-0.2, -0.15) is 0 Å². The second kappa shape index (κ2) is 6.99. The number of aromatic nitrogens is 2. The molecule has 0 N–H and O–H groups in total. The molecule has 3 heterocycles. The number of pyridine rings is 1. The zero-order valence-electron chi connectivity index (χ0n) is 14.7. The summed E-state index contributed by atoms with van der Waals surface area (Å²) >= 11 is 1.46. The molecule has 0 atom stereocenters. The maximum absolute atomic E-state index is 12.9. The highest BCUT2D eigenvalue weighted by Crippen LogP contribution is 2.29. The highest BCUT2D eigenvalue weighted by Gasteiger charge is 2.26. The van der Waals surface area contributed by atoms with E-state index in [2.05, 4.69) is 28.7 Å². The second-order valence-corrected chi connectivity index (χ2v) is 7.52. The molecule has 1 saturated heterocycles. The molecule has 24 heavy (non-hydrogen) atoms. The number of carbonyl (C=O) groups is 1. The molecule has 3 rings (SSSR count). The van der Waals surface area contributed by atoms with Crippen molar-refractivity contribution in [3.63, 3.8) is 0 Å². The third kappa shape index (κ3) is 3.35. The number of thiazole rings is 1. The molecule has 1 fully saturated rings. The Morgan fingerprint density at radius 1 is 1.21 bits per heavy atom. The maximum atomic E-state index is 12.9. The first-order valence-corrected chi connectivity index (χ1v) is 9.21. The summed E-state index contributed by atoms with van der Waals surface area (Å²) in [5, 5.41) is 0.828.